The third-order valence-electron chi connectivity index (χ3n) is 4.87. The first-order chi connectivity index (χ1) is 14.7. The largest absolute Gasteiger partial charge is 0.497 e. The number of benzene rings is 3. The van der Waals surface area contributed by atoms with Crippen LogP contribution in [0.15, 0.2) is 71.6 Å². The van der Waals surface area contributed by atoms with Crippen LogP contribution in [-0.2, 0) is 14.8 Å². The van der Waals surface area contributed by atoms with E-state index in [9.17, 15) is 13.2 Å². The lowest BCUT2D eigenvalue weighted by molar-refractivity contribution is -0.114. The van der Waals surface area contributed by atoms with Crippen molar-refractivity contribution in [3.8, 4) is 5.75 Å². The molecule has 0 heterocycles. The second-order valence-corrected chi connectivity index (χ2v) is 9.26. The summed E-state index contributed by atoms with van der Waals surface area (Å²) in [7, 11) is -2.42. The normalized spacial score (nSPS) is 11.1. The maximum absolute atomic E-state index is 13.5. The van der Waals surface area contributed by atoms with Gasteiger partial charge in [0.25, 0.3) is 10.0 Å². The number of nitrogens with one attached hydrogen (secondary N) is 1. The van der Waals surface area contributed by atoms with E-state index in [2.05, 4.69) is 5.32 Å². The van der Waals surface area contributed by atoms with Gasteiger partial charge in [-0.05, 0) is 56.7 Å². The molecule has 3 aromatic rings. The zero-order valence-corrected chi connectivity index (χ0v) is 18.9. The average molecular weight is 439 g/mol. The molecule has 0 saturated carbocycles. The van der Waals surface area contributed by atoms with Crippen molar-refractivity contribution in [3.05, 3.63) is 83.4 Å². The molecule has 7 heteroatoms. The lowest BCUT2D eigenvalue weighted by Crippen LogP contribution is -2.38. The molecule has 1 amide bonds. The SMILES string of the molecule is COc1cccc(NC(=O)CN(c2ccc(C)cc2C)S(=O)(=O)c2ccc(C)cc2)c1. The molecule has 0 aromatic heterocycles. The van der Waals surface area contributed by atoms with Gasteiger partial charge in [-0.15, -0.1) is 0 Å². The van der Waals surface area contributed by atoms with Gasteiger partial charge >= 0.3 is 0 Å². The van der Waals surface area contributed by atoms with E-state index in [0.29, 0.717) is 17.1 Å². The molecule has 0 bridgehead atoms. The van der Waals surface area contributed by atoms with E-state index in [0.717, 1.165) is 21.0 Å². The molecule has 0 unspecified atom stereocenters. The molecule has 0 aliphatic rings. The molecule has 3 aromatic carbocycles. The van der Waals surface area contributed by atoms with Crippen LogP contribution in [0.1, 0.15) is 16.7 Å². The molecule has 0 fully saturated rings. The molecular weight excluding hydrogens is 412 g/mol. The number of carbonyl (C=O) groups excluding carboxylic acids is 1. The third kappa shape index (κ3) is 5.24. The van der Waals surface area contributed by atoms with E-state index < -0.39 is 15.9 Å². The number of sulfonamides is 1. The monoisotopic (exact) mass is 438 g/mol. The first kappa shape index (κ1) is 22.4. The zero-order chi connectivity index (χ0) is 22.6. The Labute approximate surface area is 183 Å². The smallest absolute Gasteiger partial charge is 0.264 e. The van der Waals surface area contributed by atoms with Crippen LogP contribution in [0, 0.1) is 20.8 Å². The molecule has 162 valence electrons. The molecule has 0 spiro atoms. The van der Waals surface area contributed by atoms with Gasteiger partial charge in [0.2, 0.25) is 5.91 Å². The van der Waals surface area contributed by atoms with Gasteiger partial charge in [-0.2, -0.15) is 0 Å². The number of nitrogens with zero attached hydrogens (tertiary/aromatic N) is 1. The van der Waals surface area contributed by atoms with Gasteiger partial charge in [-0.3, -0.25) is 9.10 Å². The van der Waals surface area contributed by atoms with Gasteiger partial charge in [0, 0.05) is 11.8 Å². The summed E-state index contributed by atoms with van der Waals surface area (Å²) in [5.74, 6) is 0.139. The summed E-state index contributed by atoms with van der Waals surface area (Å²) < 4.78 is 33.3. The summed E-state index contributed by atoms with van der Waals surface area (Å²) in [6.07, 6.45) is 0. The highest BCUT2D eigenvalue weighted by Gasteiger charge is 2.28. The van der Waals surface area contributed by atoms with E-state index >= 15 is 0 Å². The fraction of sp³-hybridized carbons (Fsp3) is 0.208. The first-order valence-corrected chi connectivity index (χ1v) is 11.3. The number of methoxy groups -OCH3 is 1. The van der Waals surface area contributed by atoms with Crippen molar-refractivity contribution in [3.63, 3.8) is 0 Å². The van der Waals surface area contributed by atoms with Crippen LogP contribution in [0.2, 0.25) is 0 Å². The molecule has 1 N–H and O–H groups in total. The number of hydrogen-bond donors (Lipinski definition) is 1. The van der Waals surface area contributed by atoms with Crippen LogP contribution in [0.3, 0.4) is 0 Å². The van der Waals surface area contributed by atoms with E-state index in [4.69, 9.17) is 4.74 Å². The molecule has 6 nitrogen and oxygen atoms in total. The number of amides is 1. The van der Waals surface area contributed by atoms with E-state index in [1.54, 1.807) is 54.6 Å². The molecule has 0 atom stereocenters. The summed E-state index contributed by atoms with van der Waals surface area (Å²) in [5, 5.41) is 2.76. The second kappa shape index (κ2) is 9.22. The average Bonchev–Trinajstić information content (AvgIpc) is 2.73. The van der Waals surface area contributed by atoms with Crippen molar-refractivity contribution in [2.24, 2.45) is 0 Å². The number of carbonyl (C=O) groups is 1. The Bertz CT molecular complexity index is 1190. The summed E-state index contributed by atoms with van der Waals surface area (Å²) in [6.45, 7) is 5.29. The van der Waals surface area contributed by atoms with E-state index in [-0.39, 0.29) is 11.4 Å². The lowest BCUT2D eigenvalue weighted by Gasteiger charge is -2.26. The molecule has 3 rings (SSSR count). The highest BCUT2D eigenvalue weighted by molar-refractivity contribution is 7.92. The van der Waals surface area contributed by atoms with Crippen molar-refractivity contribution in [1.29, 1.82) is 0 Å². The molecule has 0 aliphatic heterocycles. The third-order valence-corrected chi connectivity index (χ3v) is 6.64. The van der Waals surface area contributed by atoms with E-state index in [1.807, 2.05) is 32.9 Å². The first-order valence-electron chi connectivity index (χ1n) is 9.81. The molecule has 0 aliphatic carbocycles. The maximum atomic E-state index is 13.5. The lowest BCUT2D eigenvalue weighted by atomic mass is 10.1. The van der Waals surface area contributed by atoms with E-state index in [1.165, 1.54) is 7.11 Å². The minimum atomic E-state index is -3.96. The topological polar surface area (TPSA) is 75.7 Å². The molecular formula is C24H26N2O4S. The zero-order valence-electron chi connectivity index (χ0n) is 18.0. The van der Waals surface area contributed by atoms with Crippen molar-refractivity contribution in [2.45, 2.75) is 25.7 Å². The van der Waals surface area contributed by atoms with Crippen molar-refractivity contribution >= 4 is 27.3 Å². The van der Waals surface area contributed by atoms with Crippen LogP contribution in [0.25, 0.3) is 0 Å². The van der Waals surface area contributed by atoms with Crippen molar-refractivity contribution < 1.29 is 17.9 Å². The summed E-state index contributed by atoms with van der Waals surface area (Å²) >= 11 is 0. The number of rotatable bonds is 7. The van der Waals surface area contributed by atoms with Gasteiger partial charge < -0.3 is 10.1 Å². The highest BCUT2D eigenvalue weighted by atomic mass is 32.2. The van der Waals surface area contributed by atoms with Crippen molar-refractivity contribution in [2.75, 3.05) is 23.3 Å². The van der Waals surface area contributed by atoms with Crippen molar-refractivity contribution in [1.82, 2.24) is 0 Å². The quantitative estimate of drug-likeness (QED) is 0.591. The molecule has 31 heavy (non-hydrogen) atoms. The minimum absolute atomic E-state index is 0.132. The van der Waals surface area contributed by atoms with Gasteiger partial charge in [0.1, 0.15) is 12.3 Å². The Balaban J connectivity index is 1.97. The number of ether oxygens (including phenoxy) is 1. The summed E-state index contributed by atoms with van der Waals surface area (Å²) in [6, 6.07) is 19.0. The van der Waals surface area contributed by atoms with Crippen LogP contribution in [-0.4, -0.2) is 28.0 Å². The van der Waals surface area contributed by atoms with Gasteiger partial charge in [0.05, 0.1) is 17.7 Å². The highest BCUT2D eigenvalue weighted by Crippen LogP contribution is 2.28. The molecule has 0 radical (unpaired) electrons. The van der Waals surface area contributed by atoms with Crippen LogP contribution < -0.4 is 14.4 Å². The summed E-state index contributed by atoms with van der Waals surface area (Å²) in [5.41, 5.74) is 3.72. The van der Waals surface area contributed by atoms with Gasteiger partial charge in [0.15, 0.2) is 0 Å². The Kier molecular flexibility index (Phi) is 6.65. The fourth-order valence-corrected chi connectivity index (χ4v) is 4.74. The minimum Gasteiger partial charge on any atom is -0.497 e. The summed E-state index contributed by atoms with van der Waals surface area (Å²) in [4.78, 5) is 13.0. The Hall–Kier alpha value is -3.32. The Morgan fingerprint density at radius 2 is 1.61 bits per heavy atom. The standard InChI is InChI=1S/C24H26N2O4S/c1-17-8-11-22(12-9-17)31(28,29)26(23-13-10-18(2)14-19(23)3)16-24(27)25-20-6-5-7-21(15-20)30-4/h5-15H,16H2,1-4H3,(H,25,27). The predicted molar refractivity (Wildman–Crippen MR) is 123 cm³/mol. The predicted octanol–water partition coefficient (Wildman–Crippen LogP) is 4.45. The fourth-order valence-electron chi connectivity index (χ4n) is 3.25. The van der Waals surface area contributed by atoms with Gasteiger partial charge in [-0.25, -0.2) is 8.42 Å². The Morgan fingerprint density at radius 3 is 2.26 bits per heavy atom. The maximum Gasteiger partial charge on any atom is 0.264 e. The van der Waals surface area contributed by atoms with Crippen LogP contribution in [0.5, 0.6) is 5.75 Å². The number of hydrogen-bond acceptors (Lipinski definition) is 4. The van der Waals surface area contributed by atoms with Crippen LogP contribution in [0.4, 0.5) is 11.4 Å². The van der Waals surface area contributed by atoms with Crippen LogP contribution >= 0.6 is 0 Å². The van der Waals surface area contributed by atoms with Gasteiger partial charge in [-0.1, -0.05) is 41.5 Å². The molecule has 0 saturated heterocycles. The number of aryl methyl sites for hydroxylation is 3. The Morgan fingerprint density at radius 1 is 0.935 bits per heavy atom. The second-order valence-electron chi connectivity index (χ2n) is 7.39. The number of anilines is 2.